The minimum absolute atomic E-state index is 0.0798. The SMILES string of the molecule is CC(C)C[C@@H](NC(=O)OCC1c2ccccc2-c2ccccc21)C(=O)N1C(C)SCC1C(=O)O. The fraction of sp³-hybridized carbons (Fsp3) is 0.423. The number of benzene rings is 2. The molecule has 0 bridgehead atoms. The third kappa shape index (κ3) is 4.78. The molecule has 0 spiro atoms. The highest BCUT2D eigenvalue weighted by Crippen LogP contribution is 2.44. The number of amides is 2. The van der Waals surface area contributed by atoms with Gasteiger partial charge in [-0.25, -0.2) is 9.59 Å². The van der Waals surface area contributed by atoms with Crippen LogP contribution in [-0.2, 0) is 14.3 Å². The Labute approximate surface area is 203 Å². The van der Waals surface area contributed by atoms with Gasteiger partial charge in [-0.05, 0) is 41.5 Å². The molecule has 1 aliphatic heterocycles. The summed E-state index contributed by atoms with van der Waals surface area (Å²) in [5.74, 6) is -1.04. The summed E-state index contributed by atoms with van der Waals surface area (Å²) >= 11 is 1.42. The lowest BCUT2D eigenvalue weighted by Crippen LogP contribution is -2.54. The molecule has 2 unspecified atom stereocenters. The smallest absolute Gasteiger partial charge is 0.407 e. The van der Waals surface area contributed by atoms with Crippen LogP contribution in [0.2, 0.25) is 0 Å². The Morgan fingerprint density at radius 3 is 2.24 bits per heavy atom. The molecule has 1 fully saturated rings. The number of carboxylic acids is 1. The lowest BCUT2D eigenvalue weighted by Gasteiger charge is -2.30. The number of alkyl carbamates (subject to hydrolysis) is 1. The molecule has 8 heteroatoms. The fourth-order valence-corrected chi connectivity index (χ4v) is 6.00. The van der Waals surface area contributed by atoms with E-state index in [1.165, 1.54) is 16.7 Å². The number of carboxylic acid groups (broad SMARTS) is 1. The maximum Gasteiger partial charge on any atom is 0.407 e. The molecular weight excluding hydrogens is 452 g/mol. The summed E-state index contributed by atoms with van der Waals surface area (Å²) in [6.07, 6.45) is -0.282. The van der Waals surface area contributed by atoms with Gasteiger partial charge >= 0.3 is 12.1 Å². The normalized spacial score (nSPS) is 20.1. The molecule has 4 rings (SSSR count). The van der Waals surface area contributed by atoms with E-state index in [0.717, 1.165) is 22.3 Å². The second kappa shape index (κ2) is 10.1. The Balaban J connectivity index is 1.46. The first kappa shape index (κ1) is 24.1. The van der Waals surface area contributed by atoms with Crippen molar-refractivity contribution in [3.63, 3.8) is 0 Å². The second-order valence-corrected chi connectivity index (χ2v) is 10.5. The van der Waals surface area contributed by atoms with Gasteiger partial charge in [0.2, 0.25) is 5.91 Å². The predicted octanol–water partition coefficient (Wildman–Crippen LogP) is 4.31. The van der Waals surface area contributed by atoms with Gasteiger partial charge in [0.15, 0.2) is 0 Å². The van der Waals surface area contributed by atoms with Gasteiger partial charge in [0, 0.05) is 11.7 Å². The summed E-state index contributed by atoms with van der Waals surface area (Å²) in [5.41, 5.74) is 4.50. The monoisotopic (exact) mass is 482 g/mol. The number of hydrogen-bond donors (Lipinski definition) is 2. The van der Waals surface area contributed by atoms with Crippen molar-refractivity contribution in [2.45, 2.75) is 50.6 Å². The molecule has 0 radical (unpaired) electrons. The van der Waals surface area contributed by atoms with E-state index in [0.29, 0.717) is 12.2 Å². The van der Waals surface area contributed by atoms with E-state index in [1.54, 1.807) is 0 Å². The summed E-state index contributed by atoms with van der Waals surface area (Å²) in [6.45, 7) is 5.87. The number of nitrogens with zero attached hydrogens (tertiary/aromatic N) is 1. The number of carbonyl (C=O) groups is 3. The standard InChI is InChI=1S/C26H30N2O5S/c1-15(2)12-22(24(29)28-16(3)34-14-23(28)25(30)31)27-26(32)33-13-21-19-10-6-4-8-17(19)18-9-5-7-11-20(18)21/h4-11,15-16,21-23H,12-14H2,1-3H3,(H,27,32)(H,30,31)/t16?,22-,23?/m1/s1. The average molecular weight is 483 g/mol. The molecule has 34 heavy (non-hydrogen) atoms. The Hall–Kier alpha value is -3.00. The largest absolute Gasteiger partial charge is 0.480 e. The van der Waals surface area contributed by atoms with Gasteiger partial charge in [0.25, 0.3) is 0 Å². The predicted molar refractivity (Wildman–Crippen MR) is 132 cm³/mol. The van der Waals surface area contributed by atoms with E-state index in [2.05, 4.69) is 17.4 Å². The van der Waals surface area contributed by atoms with Crippen LogP contribution >= 0.6 is 11.8 Å². The first-order valence-corrected chi connectivity index (χ1v) is 12.6. The van der Waals surface area contributed by atoms with E-state index in [1.807, 2.05) is 57.2 Å². The highest BCUT2D eigenvalue weighted by atomic mass is 32.2. The quantitative estimate of drug-likeness (QED) is 0.610. The number of thioether (sulfide) groups is 1. The van der Waals surface area contributed by atoms with Gasteiger partial charge in [-0.2, -0.15) is 0 Å². The Bertz CT molecular complexity index is 1040. The number of nitrogens with one attached hydrogen (secondary N) is 1. The number of ether oxygens (including phenoxy) is 1. The first-order valence-electron chi connectivity index (χ1n) is 11.6. The fourth-order valence-electron chi connectivity index (χ4n) is 4.82. The van der Waals surface area contributed by atoms with Crippen LogP contribution in [0.1, 0.15) is 44.2 Å². The molecule has 2 aromatic carbocycles. The summed E-state index contributed by atoms with van der Waals surface area (Å²) < 4.78 is 5.62. The molecule has 2 amide bonds. The van der Waals surface area contributed by atoms with Crippen molar-refractivity contribution in [3.05, 3.63) is 59.7 Å². The van der Waals surface area contributed by atoms with Crippen LogP contribution < -0.4 is 5.32 Å². The van der Waals surface area contributed by atoms with Gasteiger partial charge < -0.3 is 20.1 Å². The molecule has 0 aromatic heterocycles. The van der Waals surface area contributed by atoms with Crippen LogP contribution in [0.15, 0.2) is 48.5 Å². The average Bonchev–Trinajstić information content (AvgIpc) is 3.34. The molecule has 2 aromatic rings. The molecule has 3 atom stereocenters. The number of aliphatic carboxylic acids is 1. The van der Waals surface area contributed by atoms with Gasteiger partial charge in [0.1, 0.15) is 18.7 Å². The topological polar surface area (TPSA) is 95.9 Å². The van der Waals surface area contributed by atoms with Crippen LogP contribution in [0, 0.1) is 5.92 Å². The van der Waals surface area contributed by atoms with Crippen molar-refractivity contribution in [3.8, 4) is 11.1 Å². The third-order valence-corrected chi connectivity index (χ3v) is 7.62. The Morgan fingerprint density at radius 1 is 1.09 bits per heavy atom. The minimum Gasteiger partial charge on any atom is -0.480 e. The third-order valence-electron chi connectivity index (χ3n) is 6.40. The zero-order valence-corrected chi connectivity index (χ0v) is 20.4. The maximum absolute atomic E-state index is 13.3. The summed E-state index contributed by atoms with van der Waals surface area (Å²) in [4.78, 5) is 39.2. The molecule has 2 aliphatic rings. The summed E-state index contributed by atoms with van der Waals surface area (Å²) in [6, 6.07) is 14.4. The van der Waals surface area contributed by atoms with Crippen LogP contribution in [-0.4, -0.2) is 57.8 Å². The van der Waals surface area contributed by atoms with Crippen molar-refractivity contribution in [2.75, 3.05) is 12.4 Å². The van der Waals surface area contributed by atoms with Crippen LogP contribution in [0.5, 0.6) is 0 Å². The minimum atomic E-state index is -1.03. The van der Waals surface area contributed by atoms with Crippen molar-refractivity contribution in [1.82, 2.24) is 10.2 Å². The van der Waals surface area contributed by atoms with Gasteiger partial charge in [-0.1, -0.05) is 62.4 Å². The first-order chi connectivity index (χ1) is 16.3. The van der Waals surface area contributed by atoms with Gasteiger partial charge in [0.05, 0.1) is 5.37 Å². The molecule has 1 saturated heterocycles. The molecular formula is C26H30N2O5S. The van der Waals surface area contributed by atoms with Crippen molar-refractivity contribution in [1.29, 1.82) is 0 Å². The summed E-state index contributed by atoms with van der Waals surface area (Å²) in [7, 11) is 0. The highest BCUT2D eigenvalue weighted by molar-refractivity contribution is 8.00. The van der Waals surface area contributed by atoms with E-state index in [-0.39, 0.29) is 29.7 Å². The lowest BCUT2D eigenvalue weighted by atomic mass is 9.98. The molecule has 2 N–H and O–H groups in total. The molecule has 180 valence electrons. The van der Waals surface area contributed by atoms with Crippen LogP contribution in [0.4, 0.5) is 4.79 Å². The zero-order valence-electron chi connectivity index (χ0n) is 19.6. The zero-order chi connectivity index (χ0) is 24.4. The van der Waals surface area contributed by atoms with Gasteiger partial charge in [-0.15, -0.1) is 11.8 Å². The van der Waals surface area contributed by atoms with E-state index in [4.69, 9.17) is 4.74 Å². The Morgan fingerprint density at radius 2 is 1.68 bits per heavy atom. The summed E-state index contributed by atoms with van der Waals surface area (Å²) in [5, 5.41) is 12.0. The number of hydrogen-bond acceptors (Lipinski definition) is 5. The van der Waals surface area contributed by atoms with Crippen LogP contribution in [0.3, 0.4) is 0 Å². The van der Waals surface area contributed by atoms with Crippen molar-refractivity contribution < 1.29 is 24.2 Å². The van der Waals surface area contributed by atoms with E-state index >= 15 is 0 Å². The molecule has 1 aliphatic carbocycles. The number of carbonyl (C=O) groups excluding carboxylic acids is 2. The molecule has 7 nitrogen and oxygen atoms in total. The number of rotatable bonds is 7. The molecule has 0 saturated carbocycles. The van der Waals surface area contributed by atoms with Gasteiger partial charge in [-0.3, -0.25) is 4.79 Å². The van der Waals surface area contributed by atoms with E-state index < -0.39 is 24.1 Å². The van der Waals surface area contributed by atoms with Crippen LogP contribution in [0.25, 0.3) is 11.1 Å². The lowest BCUT2D eigenvalue weighted by molar-refractivity contribution is -0.149. The second-order valence-electron chi connectivity index (χ2n) is 9.18. The maximum atomic E-state index is 13.3. The number of fused-ring (bicyclic) bond motifs is 3. The van der Waals surface area contributed by atoms with Crippen molar-refractivity contribution in [2.24, 2.45) is 5.92 Å². The van der Waals surface area contributed by atoms with Crippen molar-refractivity contribution >= 4 is 29.7 Å². The molecule has 1 heterocycles. The Kier molecular flexibility index (Phi) is 7.16. The highest BCUT2D eigenvalue weighted by Gasteiger charge is 2.42. The van der Waals surface area contributed by atoms with E-state index in [9.17, 15) is 19.5 Å².